The maximum atomic E-state index is 9.72. The number of ether oxygens (including phenoxy) is 2. The lowest BCUT2D eigenvalue weighted by Crippen LogP contribution is -2.30. The molecular formula is C10H16O9. The van der Waals surface area contributed by atoms with Crippen molar-refractivity contribution in [2.75, 3.05) is 13.2 Å². The molecule has 19 heavy (non-hydrogen) atoms. The predicted molar refractivity (Wildman–Crippen MR) is 57.4 cm³/mol. The topological polar surface area (TPSA) is 154 Å². The number of fused-ring (bicyclic) bond motifs is 1. The van der Waals surface area contributed by atoms with Gasteiger partial charge in [0.25, 0.3) is 0 Å². The van der Waals surface area contributed by atoms with Crippen LogP contribution in [-0.4, -0.2) is 81.2 Å². The average molecular weight is 280 g/mol. The zero-order chi connectivity index (χ0) is 14.6. The van der Waals surface area contributed by atoms with E-state index in [1.165, 1.54) is 0 Å². The van der Waals surface area contributed by atoms with Gasteiger partial charge < -0.3 is 35.0 Å². The van der Waals surface area contributed by atoms with Crippen LogP contribution in [0.5, 0.6) is 0 Å². The van der Waals surface area contributed by atoms with Crippen molar-refractivity contribution in [3.8, 4) is 0 Å². The van der Waals surface area contributed by atoms with E-state index in [1.807, 2.05) is 0 Å². The lowest BCUT2D eigenvalue weighted by atomic mass is 10.1. The van der Waals surface area contributed by atoms with Gasteiger partial charge >= 0.3 is 11.9 Å². The Bertz CT molecular complexity index is 315. The van der Waals surface area contributed by atoms with E-state index in [2.05, 4.69) is 0 Å². The first kappa shape index (κ1) is 15.8. The molecule has 0 aromatic carbocycles. The van der Waals surface area contributed by atoms with Crippen LogP contribution in [0.3, 0.4) is 0 Å². The van der Waals surface area contributed by atoms with Gasteiger partial charge in [0.1, 0.15) is 24.4 Å². The summed E-state index contributed by atoms with van der Waals surface area (Å²) in [7, 11) is 0. The van der Waals surface area contributed by atoms with Gasteiger partial charge in [-0.2, -0.15) is 0 Å². The SMILES string of the molecule is O=C(O)CC(O)C(=O)O.O[C@@H]1CO[C@H]2[C@@H]1OC[C@@H]2O. The van der Waals surface area contributed by atoms with E-state index in [9.17, 15) is 9.59 Å². The fourth-order valence-electron chi connectivity index (χ4n) is 1.71. The first-order valence-corrected chi connectivity index (χ1v) is 5.55. The van der Waals surface area contributed by atoms with Crippen LogP contribution >= 0.6 is 0 Å². The molecule has 0 aromatic heterocycles. The standard InChI is InChI=1S/C6H10O4.C4H6O5/c7-3-1-9-6-4(8)2-10-5(3)6;5-2(4(8)9)1-3(6)7/h3-8H,1-2H2;2,5H,1H2,(H,6,7)(H,8,9)/t3-,4+,5-,6-;/m1./s1. The van der Waals surface area contributed by atoms with Crippen LogP contribution in [0.1, 0.15) is 6.42 Å². The van der Waals surface area contributed by atoms with Crippen LogP contribution < -0.4 is 0 Å². The number of aliphatic carboxylic acids is 2. The highest BCUT2D eigenvalue weighted by molar-refractivity contribution is 5.79. The molecule has 0 saturated carbocycles. The van der Waals surface area contributed by atoms with Gasteiger partial charge in [-0.05, 0) is 0 Å². The van der Waals surface area contributed by atoms with Gasteiger partial charge in [0.2, 0.25) is 0 Å². The molecular weight excluding hydrogens is 264 g/mol. The van der Waals surface area contributed by atoms with Crippen molar-refractivity contribution in [2.45, 2.75) is 36.9 Å². The van der Waals surface area contributed by atoms with Crippen LogP contribution in [-0.2, 0) is 19.1 Å². The third-order valence-corrected chi connectivity index (χ3v) is 2.65. The largest absolute Gasteiger partial charge is 0.481 e. The quantitative estimate of drug-likeness (QED) is 0.374. The predicted octanol–water partition coefficient (Wildman–Crippen LogP) is -2.59. The van der Waals surface area contributed by atoms with Crippen LogP contribution in [0.2, 0.25) is 0 Å². The Labute approximate surface area is 108 Å². The van der Waals surface area contributed by atoms with Crippen molar-refractivity contribution in [2.24, 2.45) is 0 Å². The van der Waals surface area contributed by atoms with Crippen molar-refractivity contribution in [3.63, 3.8) is 0 Å². The van der Waals surface area contributed by atoms with Gasteiger partial charge in [0.05, 0.1) is 19.6 Å². The molecule has 0 bridgehead atoms. The van der Waals surface area contributed by atoms with Gasteiger partial charge in [-0.15, -0.1) is 0 Å². The molecule has 2 aliphatic rings. The molecule has 0 radical (unpaired) electrons. The second-order valence-corrected chi connectivity index (χ2v) is 4.18. The Morgan fingerprint density at radius 3 is 1.74 bits per heavy atom. The highest BCUT2D eigenvalue weighted by atomic mass is 16.6. The number of carboxylic acids is 2. The molecule has 0 amide bonds. The van der Waals surface area contributed by atoms with Crippen molar-refractivity contribution in [3.05, 3.63) is 0 Å². The number of aliphatic hydroxyl groups excluding tert-OH is 3. The van der Waals surface area contributed by atoms with E-state index in [0.29, 0.717) is 0 Å². The van der Waals surface area contributed by atoms with Gasteiger partial charge in [-0.25, -0.2) is 4.79 Å². The van der Waals surface area contributed by atoms with Crippen LogP contribution in [0, 0.1) is 0 Å². The van der Waals surface area contributed by atoms with Crippen LogP contribution in [0.4, 0.5) is 0 Å². The zero-order valence-electron chi connectivity index (χ0n) is 9.88. The summed E-state index contributed by atoms with van der Waals surface area (Å²) in [6, 6.07) is 0. The van der Waals surface area contributed by atoms with Crippen LogP contribution in [0.25, 0.3) is 0 Å². The Kier molecular flexibility index (Phi) is 5.63. The van der Waals surface area contributed by atoms with Crippen molar-refractivity contribution < 1.29 is 44.6 Å². The second-order valence-electron chi connectivity index (χ2n) is 4.18. The van der Waals surface area contributed by atoms with Crippen LogP contribution in [0.15, 0.2) is 0 Å². The summed E-state index contributed by atoms with van der Waals surface area (Å²) < 4.78 is 10.2. The fourth-order valence-corrected chi connectivity index (χ4v) is 1.71. The average Bonchev–Trinajstić information content (AvgIpc) is 2.84. The summed E-state index contributed by atoms with van der Waals surface area (Å²) in [5, 5.41) is 42.5. The summed E-state index contributed by atoms with van der Waals surface area (Å²) in [5.41, 5.74) is 0. The van der Waals surface area contributed by atoms with E-state index in [1.54, 1.807) is 0 Å². The Balaban J connectivity index is 0.000000192. The highest BCUT2D eigenvalue weighted by Crippen LogP contribution is 2.26. The minimum atomic E-state index is -1.79. The number of hydrogen-bond acceptors (Lipinski definition) is 7. The van der Waals surface area contributed by atoms with E-state index in [4.69, 9.17) is 35.0 Å². The lowest BCUT2D eigenvalue weighted by molar-refractivity contribution is -0.152. The number of aliphatic hydroxyl groups is 3. The first-order valence-electron chi connectivity index (χ1n) is 5.55. The number of carbonyl (C=O) groups is 2. The number of carboxylic acid groups (broad SMARTS) is 2. The van der Waals surface area contributed by atoms with Crippen molar-refractivity contribution >= 4 is 11.9 Å². The van der Waals surface area contributed by atoms with E-state index < -0.39 is 36.7 Å². The molecule has 2 aliphatic heterocycles. The molecule has 1 unspecified atom stereocenters. The fraction of sp³-hybridized carbons (Fsp3) is 0.800. The monoisotopic (exact) mass is 280 g/mol. The summed E-state index contributed by atoms with van der Waals surface area (Å²) in [6.07, 6.45) is -4.24. The minimum Gasteiger partial charge on any atom is -0.481 e. The molecule has 0 aromatic rings. The minimum absolute atomic E-state index is 0.284. The summed E-state index contributed by atoms with van der Waals surface area (Å²) in [6.45, 7) is 0.568. The molecule has 5 atom stereocenters. The summed E-state index contributed by atoms with van der Waals surface area (Å²) in [4.78, 5) is 19.4. The van der Waals surface area contributed by atoms with Crippen molar-refractivity contribution in [1.29, 1.82) is 0 Å². The maximum Gasteiger partial charge on any atom is 0.333 e. The first-order chi connectivity index (χ1) is 8.82. The third kappa shape index (κ3) is 4.40. The molecule has 5 N–H and O–H groups in total. The molecule has 0 aliphatic carbocycles. The summed E-state index contributed by atoms with van der Waals surface area (Å²) in [5.74, 6) is -2.85. The molecule has 2 saturated heterocycles. The second kappa shape index (κ2) is 6.78. The maximum absolute atomic E-state index is 9.72. The lowest BCUT2D eigenvalue weighted by Gasteiger charge is -2.09. The summed E-state index contributed by atoms with van der Waals surface area (Å²) >= 11 is 0. The molecule has 110 valence electrons. The Morgan fingerprint density at radius 1 is 1.05 bits per heavy atom. The highest BCUT2D eigenvalue weighted by Gasteiger charge is 2.46. The van der Waals surface area contributed by atoms with Crippen molar-refractivity contribution in [1.82, 2.24) is 0 Å². The van der Waals surface area contributed by atoms with Gasteiger partial charge in [0, 0.05) is 0 Å². The molecule has 9 heteroatoms. The number of rotatable bonds is 3. The number of hydrogen-bond donors (Lipinski definition) is 5. The van der Waals surface area contributed by atoms with Gasteiger partial charge in [0.15, 0.2) is 6.10 Å². The van der Waals surface area contributed by atoms with E-state index in [0.717, 1.165) is 0 Å². The molecule has 9 nitrogen and oxygen atoms in total. The normalized spacial score (nSPS) is 34.1. The molecule has 2 heterocycles. The molecule has 2 rings (SSSR count). The molecule has 2 fully saturated rings. The van der Waals surface area contributed by atoms with E-state index in [-0.39, 0.29) is 25.4 Å². The van der Waals surface area contributed by atoms with E-state index >= 15 is 0 Å². The third-order valence-electron chi connectivity index (χ3n) is 2.65. The van der Waals surface area contributed by atoms with Gasteiger partial charge in [-0.3, -0.25) is 4.79 Å². The smallest absolute Gasteiger partial charge is 0.333 e. The zero-order valence-corrected chi connectivity index (χ0v) is 9.88. The molecule has 0 spiro atoms. The Morgan fingerprint density at radius 2 is 1.47 bits per heavy atom. The van der Waals surface area contributed by atoms with Gasteiger partial charge in [-0.1, -0.05) is 0 Å². The Hall–Kier alpha value is -1.26.